The predicted octanol–water partition coefficient (Wildman–Crippen LogP) is 4.76. The molecule has 0 heterocycles. The van der Waals surface area contributed by atoms with Crippen LogP contribution in [0.5, 0.6) is 0 Å². The second-order valence-electron chi connectivity index (χ2n) is 6.14. The Morgan fingerprint density at radius 3 is 2.71 bits per heavy atom. The Bertz CT molecular complexity index is 303. The first-order valence-electron chi connectivity index (χ1n) is 7.10. The van der Waals surface area contributed by atoms with E-state index in [9.17, 15) is 4.79 Å². The first kappa shape index (κ1) is 14.5. The maximum Gasteiger partial charge on any atom is 0.136 e. The highest BCUT2D eigenvalue weighted by atomic mass is 16.1. The first-order valence-corrected chi connectivity index (χ1v) is 7.10. The van der Waals surface area contributed by atoms with Gasteiger partial charge in [-0.05, 0) is 44.4 Å². The highest BCUT2D eigenvalue weighted by Crippen LogP contribution is 2.41. The van der Waals surface area contributed by atoms with Crippen molar-refractivity contribution in [2.75, 3.05) is 0 Å². The Balaban J connectivity index is 2.60. The Morgan fingerprint density at radius 2 is 2.24 bits per heavy atom. The van der Waals surface area contributed by atoms with E-state index in [1.165, 1.54) is 19.3 Å². The van der Waals surface area contributed by atoms with Crippen molar-refractivity contribution >= 4 is 5.78 Å². The van der Waals surface area contributed by atoms with Crippen LogP contribution in [0.15, 0.2) is 11.6 Å². The number of rotatable bonds is 5. The molecule has 0 radical (unpaired) electrons. The van der Waals surface area contributed by atoms with Gasteiger partial charge < -0.3 is 0 Å². The maximum absolute atomic E-state index is 11.7. The van der Waals surface area contributed by atoms with Crippen molar-refractivity contribution in [3.63, 3.8) is 0 Å². The van der Waals surface area contributed by atoms with Crippen LogP contribution in [0.3, 0.4) is 0 Å². The number of hydrogen-bond donors (Lipinski definition) is 0. The van der Waals surface area contributed by atoms with Gasteiger partial charge in [0.2, 0.25) is 0 Å². The quantitative estimate of drug-likeness (QED) is 0.629. The molecule has 0 aromatic carbocycles. The van der Waals surface area contributed by atoms with Crippen molar-refractivity contribution in [2.45, 2.75) is 66.7 Å². The third kappa shape index (κ3) is 3.43. The molecule has 1 aliphatic rings. The fraction of sp³-hybridized carbons (Fsp3) is 0.812. The fourth-order valence-corrected chi connectivity index (χ4v) is 2.61. The van der Waals surface area contributed by atoms with Gasteiger partial charge in [0.05, 0.1) is 0 Å². The molecule has 0 bridgehead atoms. The number of Topliss-reactive ketones (excluding diaryl/α,β-unsaturated/α-hetero) is 1. The molecule has 17 heavy (non-hydrogen) atoms. The van der Waals surface area contributed by atoms with E-state index in [-0.39, 0.29) is 5.41 Å². The van der Waals surface area contributed by atoms with Crippen LogP contribution in [0.1, 0.15) is 66.7 Å². The summed E-state index contributed by atoms with van der Waals surface area (Å²) in [4.78, 5) is 11.7. The lowest BCUT2D eigenvalue weighted by atomic mass is 9.67. The van der Waals surface area contributed by atoms with Gasteiger partial charge in [0.15, 0.2) is 0 Å². The number of ketones is 1. The van der Waals surface area contributed by atoms with Crippen LogP contribution in [0.25, 0.3) is 0 Å². The third-order valence-electron chi connectivity index (χ3n) is 4.92. The van der Waals surface area contributed by atoms with E-state index in [1.807, 2.05) is 0 Å². The zero-order valence-electron chi connectivity index (χ0n) is 12.2. The lowest BCUT2D eigenvalue weighted by Gasteiger charge is -2.36. The molecule has 0 saturated heterocycles. The Labute approximate surface area is 107 Å². The van der Waals surface area contributed by atoms with E-state index >= 15 is 0 Å². The SMILES string of the molecule is CCC(C)CCC1=C[C@@H](C)[C@@](C)(C(C)=O)CC1. The summed E-state index contributed by atoms with van der Waals surface area (Å²) < 4.78 is 0. The van der Waals surface area contributed by atoms with Crippen LogP contribution in [-0.2, 0) is 4.79 Å². The summed E-state index contributed by atoms with van der Waals surface area (Å²) in [5, 5.41) is 0. The van der Waals surface area contributed by atoms with Crippen LogP contribution in [0, 0.1) is 17.3 Å². The van der Waals surface area contributed by atoms with Gasteiger partial charge in [0, 0.05) is 5.41 Å². The molecule has 1 unspecified atom stereocenters. The highest BCUT2D eigenvalue weighted by molar-refractivity contribution is 5.82. The van der Waals surface area contributed by atoms with Crippen molar-refractivity contribution in [3.05, 3.63) is 11.6 Å². The Hall–Kier alpha value is -0.590. The third-order valence-corrected chi connectivity index (χ3v) is 4.92. The molecule has 0 amide bonds. The molecule has 1 rings (SSSR count). The van der Waals surface area contributed by atoms with Gasteiger partial charge in [-0.3, -0.25) is 4.79 Å². The molecule has 1 nitrogen and oxygen atoms in total. The van der Waals surface area contributed by atoms with Crippen LogP contribution < -0.4 is 0 Å². The number of allylic oxidation sites excluding steroid dienone is 2. The lowest BCUT2D eigenvalue weighted by molar-refractivity contribution is -0.128. The molecule has 3 atom stereocenters. The molecule has 0 aromatic rings. The summed E-state index contributed by atoms with van der Waals surface area (Å²) >= 11 is 0. The predicted molar refractivity (Wildman–Crippen MR) is 74.0 cm³/mol. The molecule has 0 N–H and O–H groups in total. The van der Waals surface area contributed by atoms with Crippen molar-refractivity contribution < 1.29 is 4.79 Å². The minimum Gasteiger partial charge on any atom is -0.299 e. The Morgan fingerprint density at radius 1 is 1.59 bits per heavy atom. The summed E-state index contributed by atoms with van der Waals surface area (Å²) in [6.07, 6.45) is 8.33. The summed E-state index contributed by atoms with van der Waals surface area (Å²) in [7, 11) is 0. The highest BCUT2D eigenvalue weighted by Gasteiger charge is 2.37. The van der Waals surface area contributed by atoms with E-state index in [0.29, 0.717) is 11.7 Å². The van der Waals surface area contributed by atoms with Crippen molar-refractivity contribution in [2.24, 2.45) is 17.3 Å². The average molecular weight is 236 g/mol. The monoisotopic (exact) mass is 236 g/mol. The largest absolute Gasteiger partial charge is 0.299 e. The van der Waals surface area contributed by atoms with E-state index < -0.39 is 0 Å². The second kappa shape index (κ2) is 5.84. The molecule has 0 aromatic heterocycles. The maximum atomic E-state index is 11.7. The molecule has 0 fully saturated rings. The minimum atomic E-state index is -0.111. The fourth-order valence-electron chi connectivity index (χ4n) is 2.61. The van der Waals surface area contributed by atoms with Crippen LogP contribution >= 0.6 is 0 Å². The van der Waals surface area contributed by atoms with Crippen LogP contribution in [-0.4, -0.2) is 5.78 Å². The summed E-state index contributed by atoms with van der Waals surface area (Å²) in [5.41, 5.74) is 1.47. The molecule has 0 spiro atoms. The van der Waals surface area contributed by atoms with Crippen molar-refractivity contribution in [3.8, 4) is 0 Å². The van der Waals surface area contributed by atoms with Gasteiger partial charge in [-0.1, -0.05) is 45.8 Å². The van der Waals surface area contributed by atoms with Crippen molar-refractivity contribution in [1.29, 1.82) is 0 Å². The lowest BCUT2D eigenvalue weighted by Crippen LogP contribution is -2.34. The zero-order valence-corrected chi connectivity index (χ0v) is 12.2. The molecular weight excluding hydrogens is 208 g/mol. The van der Waals surface area contributed by atoms with E-state index in [2.05, 4.69) is 33.8 Å². The average Bonchev–Trinajstić information content (AvgIpc) is 2.30. The Kier molecular flexibility index (Phi) is 4.97. The van der Waals surface area contributed by atoms with Gasteiger partial charge in [-0.2, -0.15) is 0 Å². The van der Waals surface area contributed by atoms with Gasteiger partial charge in [-0.15, -0.1) is 0 Å². The molecule has 1 aliphatic carbocycles. The topological polar surface area (TPSA) is 17.1 Å². The zero-order chi connectivity index (χ0) is 13.1. The van der Waals surface area contributed by atoms with E-state index in [1.54, 1.807) is 12.5 Å². The smallest absolute Gasteiger partial charge is 0.136 e. The van der Waals surface area contributed by atoms with Gasteiger partial charge in [0.1, 0.15) is 5.78 Å². The summed E-state index contributed by atoms with van der Waals surface area (Å²) in [5.74, 6) is 1.58. The van der Waals surface area contributed by atoms with Gasteiger partial charge in [-0.25, -0.2) is 0 Å². The molecule has 1 heteroatoms. The van der Waals surface area contributed by atoms with E-state index in [0.717, 1.165) is 18.8 Å². The van der Waals surface area contributed by atoms with Crippen molar-refractivity contribution in [1.82, 2.24) is 0 Å². The number of carbonyl (C=O) groups excluding carboxylic acids is 1. The summed E-state index contributed by atoms with van der Waals surface area (Å²) in [6.45, 7) is 10.7. The molecule has 0 aliphatic heterocycles. The minimum absolute atomic E-state index is 0.111. The second-order valence-corrected chi connectivity index (χ2v) is 6.14. The molecule has 0 saturated carbocycles. The molecular formula is C16H28O. The molecule has 98 valence electrons. The van der Waals surface area contributed by atoms with Crippen LogP contribution in [0.4, 0.5) is 0 Å². The van der Waals surface area contributed by atoms with Gasteiger partial charge in [0.25, 0.3) is 0 Å². The number of carbonyl (C=O) groups is 1. The van der Waals surface area contributed by atoms with Gasteiger partial charge >= 0.3 is 0 Å². The first-order chi connectivity index (χ1) is 7.90. The normalized spacial score (nSPS) is 30.9. The van der Waals surface area contributed by atoms with Crippen LogP contribution in [0.2, 0.25) is 0 Å². The number of hydrogen-bond acceptors (Lipinski definition) is 1. The summed E-state index contributed by atoms with van der Waals surface area (Å²) in [6, 6.07) is 0. The van der Waals surface area contributed by atoms with E-state index in [4.69, 9.17) is 0 Å². The standard InChI is InChI=1S/C16H28O/c1-6-12(2)7-8-15-9-10-16(5,14(4)17)13(3)11-15/h11-13H,6-10H2,1-5H3/t12?,13-,16+/m1/s1.